The summed E-state index contributed by atoms with van der Waals surface area (Å²) >= 11 is 0. The van der Waals surface area contributed by atoms with Gasteiger partial charge in [-0.05, 0) is 56.7 Å². The minimum atomic E-state index is -0.339. The average Bonchev–Trinajstić information content (AvgIpc) is 3.06. The van der Waals surface area contributed by atoms with E-state index in [0.717, 1.165) is 5.56 Å². The van der Waals surface area contributed by atoms with Crippen LogP contribution in [0, 0.1) is 0 Å². The first kappa shape index (κ1) is 17.8. The molecule has 2 aromatic carbocycles. The highest BCUT2D eigenvalue weighted by Crippen LogP contribution is 2.32. The molecular formula is C20H22N2O4. The van der Waals surface area contributed by atoms with E-state index in [1.54, 1.807) is 24.3 Å². The number of rotatable bonds is 4. The molecular weight excluding hydrogens is 332 g/mol. The smallest absolute Gasteiger partial charge is 0.251 e. The van der Waals surface area contributed by atoms with Crippen LogP contribution in [0.15, 0.2) is 42.5 Å². The summed E-state index contributed by atoms with van der Waals surface area (Å²) in [5, 5.41) is 5.74. The van der Waals surface area contributed by atoms with Crippen LogP contribution in [0.4, 0.5) is 0 Å². The van der Waals surface area contributed by atoms with Gasteiger partial charge in [-0.3, -0.25) is 9.59 Å². The van der Waals surface area contributed by atoms with E-state index in [1.165, 1.54) is 0 Å². The molecule has 0 aliphatic carbocycles. The Morgan fingerprint density at radius 2 is 1.65 bits per heavy atom. The SMILES string of the molecule is CC(C)(C)NC(=O)c1cccc(C(=O)NCc2ccc3c(c2)OCO3)c1. The Kier molecular flexibility index (Phi) is 4.84. The minimum Gasteiger partial charge on any atom is -0.454 e. The Bertz CT molecular complexity index is 840. The second kappa shape index (κ2) is 7.07. The summed E-state index contributed by atoms with van der Waals surface area (Å²) in [6.45, 7) is 6.30. The molecule has 6 nitrogen and oxygen atoms in total. The predicted octanol–water partition coefficient (Wildman–Crippen LogP) is 2.87. The van der Waals surface area contributed by atoms with Crippen molar-refractivity contribution in [3.05, 3.63) is 59.2 Å². The Balaban J connectivity index is 1.64. The maximum Gasteiger partial charge on any atom is 0.251 e. The molecule has 0 bridgehead atoms. The lowest BCUT2D eigenvalue weighted by molar-refractivity contribution is 0.0919. The molecule has 2 N–H and O–H groups in total. The standard InChI is InChI=1S/C20H22N2O4/c1-20(2,3)22-19(24)15-6-4-5-14(10-15)18(23)21-11-13-7-8-16-17(9-13)26-12-25-16/h4-10H,11-12H2,1-3H3,(H,21,23)(H,22,24). The minimum absolute atomic E-state index is 0.206. The van der Waals surface area contributed by atoms with Gasteiger partial charge in [-0.15, -0.1) is 0 Å². The maximum absolute atomic E-state index is 12.4. The third kappa shape index (κ3) is 4.33. The number of carbonyl (C=O) groups excluding carboxylic acids is 2. The van der Waals surface area contributed by atoms with Gasteiger partial charge >= 0.3 is 0 Å². The van der Waals surface area contributed by atoms with Gasteiger partial charge in [0.25, 0.3) is 11.8 Å². The van der Waals surface area contributed by atoms with Crippen LogP contribution in [0.25, 0.3) is 0 Å². The van der Waals surface area contributed by atoms with Gasteiger partial charge in [0.2, 0.25) is 6.79 Å². The number of fused-ring (bicyclic) bond motifs is 1. The van der Waals surface area contributed by atoms with Crippen LogP contribution in [0.3, 0.4) is 0 Å². The highest BCUT2D eigenvalue weighted by molar-refractivity contribution is 5.99. The predicted molar refractivity (Wildman–Crippen MR) is 97.4 cm³/mol. The summed E-state index contributed by atoms with van der Waals surface area (Å²) in [4.78, 5) is 24.7. The lowest BCUT2D eigenvalue weighted by Gasteiger charge is -2.20. The molecule has 0 saturated carbocycles. The van der Waals surface area contributed by atoms with Crippen LogP contribution in [0.2, 0.25) is 0 Å². The fourth-order valence-corrected chi connectivity index (χ4v) is 2.55. The summed E-state index contributed by atoms with van der Waals surface area (Å²) in [7, 11) is 0. The van der Waals surface area contributed by atoms with Crippen LogP contribution >= 0.6 is 0 Å². The first-order valence-electron chi connectivity index (χ1n) is 8.41. The van der Waals surface area contributed by atoms with Crippen molar-refractivity contribution < 1.29 is 19.1 Å². The van der Waals surface area contributed by atoms with E-state index >= 15 is 0 Å². The number of benzene rings is 2. The van der Waals surface area contributed by atoms with E-state index in [9.17, 15) is 9.59 Å². The molecule has 0 atom stereocenters. The van der Waals surface area contributed by atoms with Gasteiger partial charge in [-0.25, -0.2) is 0 Å². The van der Waals surface area contributed by atoms with Gasteiger partial charge in [-0.2, -0.15) is 0 Å². The first-order chi connectivity index (χ1) is 12.3. The average molecular weight is 354 g/mol. The van der Waals surface area contributed by atoms with Gasteiger partial charge in [0.15, 0.2) is 11.5 Å². The van der Waals surface area contributed by atoms with Crippen LogP contribution in [-0.2, 0) is 6.54 Å². The lowest BCUT2D eigenvalue weighted by Crippen LogP contribution is -2.40. The van der Waals surface area contributed by atoms with Gasteiger partial charge in [0.1, 0.15) is 0 Å². The maximum atomic E-state index is 12.4. The summed E-state index contributed by atoms with van der Waals surface area (Å²) < 4.78 is 10.6. The monoisotopic (exact) mass is 354 g/mol. The molecule has 136 valence electrons. The molecule has 2 amide bonds. The molecule has 26 heavy (non-hydrogen) atoms. The molecule has 0 spiro atoms. The van der Waals surface area contributed by atoms with Crippen molar-refractivity contribution in [1.82, 2.24) is 10.6 Å². The quantitative estimate of drug-likeness (QED) is 0.885. The fourth-order valence-electron chi connectivity index (χ4n) is 2.55. The van der Waals surface area contributed by atoms with Gasteiger partial charge < -0.3 is 20.1 Å². The summed E-state index contributed by atoms with van der Waals surface area (Å²) in [6, 6.07) is 12.2. The highest BCUT2D eigenvalue weighted by atomic mass is 16.7. The zero-order valence-electron chi connectivity index (χ0n) is 15.1. The Labute approximate surface area is 152 Å². The van der Waals surface area contributed by atoms with Crippen molar-refractivity contribution in [2.45, 2.75) is 32.9 Å². The van der Waals surface area contributed by atoms with Gasteiger partial charge in [0.05, 0.1) is 0 Å². The third-order valence-electron chi connectivity index (χ3n) is 3.77. The van der Waals surface area contributed by atoms with Gasteiger partial charge in [0, 0.05) is 23.2 Å². The number of carbonyl (C=O) groups is 2. The zero-order valence-corrected chi connectivity index (χ0v) is 15.1. The van der Waals surface area contributed by atoms with Crippen LogP contribution in [0.1, 0.15) is 47.1 Å². The summed E-state index contributed by atoms with van der Waals surface area (Å²) in [6.07, 6.45) is 0. The molecule has 0 aromatic heterocycles. The summed E-state index contributed by atoms with van der Waals surface area (Å²) in [5.74, 6) is 0.936. The van der Waals surface area contributed by atoms with Crippen LogP contribution in [0.5, 0.6) is 11.5 Å². The number of hydrogen-bond donors (Lipinski definition) is 2. The second-order valence-electron chi connectivity index (χ2n) is 7.16. The molecule has 1 aliphatic heterocycles. The van der Waals surface area contributed by atoms with Gasteiger partial charge in [-0.1, -0.05) is 12.1 Å². The fraction of sp³-hybridized carbons (Fsp3) is 0.300. The molecule has 3 rings (SSSR count). The summed E-state index contributed by atoms with van der Waals surface area (Å²) in [5.41, 5.74) is 1.46. The number of amides is 2. The molecule has 0 radical (unpaired) electrons. The van der Waals surface area contributed by atoms with E-state index in [-0.39, 0.29) is 24.1 Å². The molecule has 0 unspecified atom stereocenters. The van der Waals surface area contributed by atoms with E-state index < -0.39 is 0 Å². The topological polar surface area (TPSA) is 76.7 Å². The molecule has 0 saturated heterocycles. The third-order valence-corrected chi connectivity index (χ3v) is 3.77. The Hall–Kier alpha value is -3.02. The normalized spacial score (nSPS) is 12.6. The Morgan fingerprint density at radius 3 is 2.38 bits per heavy atom. The molecule has 2 aromatic rings. The first-order valence-corrected chi connectivity index (χ1v) is 8.41. The van der Waals surface area contributed by atoms with E-state index in [1.807, 2.05) is 39.0 Å². The van der Waals surface area contributed by atoms with Crippen molar-refractivity contribution >= 4 is 11.8 Å². The zero-order chi connectivity index (χ0) is 18.7. The molecule has 1 aliphatic rings. The second-order valence-corrected chi connectivity index (χ2v) is 7.16. The van der Waals surface area contributed by atoms with Crippen molar-refractivity contribution in [2.24, 2.45) is 0 Å². The van der Waals surface area contributed by atoms with E-state index in [4.69, 9.17) is 9.47 Å². The number of ether oxygens (including phenoxy) is 2. The van der Waals surface area contributed by atoms with Crippen molar-refractivity contribution in [3.63, 3.8) is 0 Å². The van der Waals surface area contributed by atoms with Crippen LogP contribution in [-0.4, -0.2) is 24.1 Å². The van der Waals surface area contributed by atoms with Crippen LogP contribution < -0.4 is 20.1 Å². The number of hydrogen-bond acceptors (Lipinski definition) is 4. The largest absolute Gasteiger partial charge is 0.454 e. The van der Waals surface area contributed by atoms with Crippen molar-refractivity contribution in [3.8, 4) is 11.5 Å². The van der Waals surface area contributed by atoms with E-state index in [0.29, 0.717) is 29.2 Å². The molecule has 1 heterocycles. The lowest BCUT2D eigenvalue weighted by atomic mass is 10.1. The molecule has 6 heteroatoms. The van der Waals surface area contributed by atoms with Crippen molar-refractivity contribution in [1.29, 1.82) is 0 Å². The van der Waals surface area contributed by atoms with Crippen molar-refractivity contribution in [2.75, 3.05) is 6.79 Å². The van der Waals surface area contributed by atoms with E-state index in [2.05, 4.69) is 10.6 Å². The number of nitrogens with one attached hydrogen (secondary N) is 2. The molecule has 0 fully saturated rings. The highest BCUT2D eigenvalue weighted by Gasteiger charge is 2.17. The Morgan fingerprint density at radius 1 is 0.962 bits per heavy atom.